The average Bonchev–Trinajstić information content (AvgIpc) is 3.40. The molecule has 11 nitrogen and oxygen atoms in total. The van der Waals surface area contributed by atoms with Gasteiger partial charge in [0.05, 0.1) is 12.6 Å². The first-order valence-corrected chi connectivity index (χ1v) is 19.4. The van der Waals surface area contributed by atoms with E-state index >= 15 is 0 Å². The van der Waals surface area contributed by atoms with Crippen molar-refractivity contribution in [3.05, 3.63) is 71.1 Å². The van der Waals surface area contributed by atoms with Gasteiger partial charge in [0.1, 0.15) is 0 Å². The summed E-state index contributed by atoms with van der Waals surface area (Å²) in [4.78, 5) is 20.0. The first-order valence-electron chi connectivity index (χ1n) is 19.4. The van der Waals surface area contributed by atoms with Crippen LogP contribution in [0.15, 0.2) is 42.7 Å². The lowest BCUT2D eigenvalue weighted by molar-refractivity contribution is 0.0951. The van der Waals surface area contributed by atoms with Gasteiger partial charge in [0.2, 0.25) is 0 Å². The molecule has 6 rings (SSSR count). The van der Waals surface area contributed by atoms with Crippen molar-refractivity contribution >= 4 is 11.6 Å². The molecular weight excluding hydrogens is 624 g/mol. The zero-order valence-electron chi connectivity index (χ0n) is 30.5. The van der Waals surface area contributed by atoms with E-state index in [1.165, 1.54) is 77.3 Å². The molecule has 3 aliphatic rings. The van der Waals surface area contributed by atoms with Gasteiger partial charge in [-0.3, -0.25) is 15.1 Å². The number of anilines is 1. The molecule has 2 aromatic heterocycles. The zero-order valence-corrected chi connectivity index (χ0v) is 30.5. The topological polar surface area (TPSA) is 124 Å². The molecule has 1 aromatic carbocycles. The van der Waals surface area contributed by atoms with E-state index in [0.717, 1.165) is 67.7 Å². The Labute approximate surface area is 299 Å². The largest absolute Gasteiger partial charge is 0.378 e. The highest BCUT2D eigenvalue weighted by Gasteiger charge is 2.44. The van der Waals surface area contributed by atoms with Gasteiger partial charge in [0, 0.05) is 67.9 Å². The molecule has 1 aliphatic carbocycles. The first-order chi connectivity index (χ1) is 24.6. The fourth-order valence-corrected chi connectivity index (χ4v) is 8.39. The Bertz CT molecular complexity index is 1500. The van der Waals surface area contributed by atoms with Crippen LogP contribution < -0.4 is 26.6 Å². The van der Waals surface area contributed by atoms with Crippen LogP contribution in [0.4, 0.5) is 5.69 Å². The number of carbonyl (C=O) groups excluding carboxylic acids is 1. The number of likely N-dealkylation sites (tertiary alicyclic amines) is 1. The highest BCUT2D eigenvalue weighted by molar-refractivity contribution is 5.95. The molecule has 2 aliphatic heterocycles. The molecule has 272 valence electrons. The lowest BCUT2D eigenvalue weighted by Gasteiger charge is -2.44. The summed E-state index contributed by atoms with van der Waals surface area (Å²) in [5, 5.41) is 27.6. The van der Waals surface area contributed by atoms with Crippen molar-refractivity contribution in [3.63, 3.8) is 0 Å². The number of aryl methyl sites for hydroxylation is 1. The third-order valence-corrected chi connectivity index (χ3v) is 11.4. The van der Waals surface area contributed by atoms with Crippen LogP contribution in [0, 0.1) is 5.41 Å². The third kappa shape index (κ3) is 9.29. The van der Waals surface area contributed by atoms with Gasteiger partial charge in [-0.15, -0.1) is 10.2 Å². The Balaban J connectivity index is 1.12. The van der Waals surface area contributed by atoms with E-state index in [9.17, 15) is 4.79 Å². The molecule has 50 heavy (non-hydrogen) atoms. The van der Waals surface area contributed by atoms with Gasteiger partial charge < -0.3 is 30.7 Å². The second kappa shape index (κ2) is 18.2. The molecule has 1 saturated carbocycles. The minimum atomic E-state index is -0.0931. The first kappa shape index (κ1) is 36.4. The highest BCUT2D eigenvalue weighted by Crippen LogP contribution is 2.45. The van der Waals surface area contributed by atoms with Crippen LogP contribution in [0.2, 0.25) is 0 Å². The van der Waals surface area contributed by atoms with Crippen LogP contribution in [0.1, 0.15) is 117 Å². The van der Waals surface area contributed by atoms with E-state index in [1.807, 2.05) is 36.5 Å². The second-order valence-corrected chi connectivity index (χ2v) is 14.7. The summed E-state index contributed by atoms with van der Waals surface area (Å²) in [5.41, 5.74) is 3.91. The Kier molecular flexibility index (Phi) is 13.3. The van der Waals surface area contributed by atoms with Gasteiger partial charge in [-0.25, -0.2) is 0 Å². The maximum atomic E-state index is 13.1. The van der Waals surface area contributed by atoms with Crippen molar-refractivity contribution in [2.75, 3.05) is 44.7 Å². The zero-order chi connectivity index (χ0) is 34.6. The molecule has 2 atom stereocenters. The summed E-state index contributed by atoms with van der Waals surface area (Å²) in [5.74, 6) is 1.89. The SMILES string of the molecule is CCc1cnccc1CNC(=O)c1cccc(NCc2nnc(C3NCNCC34CCCCCC4)n2CCNCCCN2CCCCC2C)c1. The number of benzene rings is 1. The van der Waals surface area contributed by atoms with Crippen molar-refractivity contribution in [2.45, 2.75) is 116 Å². The molecule has 11 heteroatoms. The summed E-state index contributed by atoms with van der Waals surface area (Å²) < 4.78 is 2.36. The number of piperidine rings is 1. The summed E-state index contributed by atoms with van der Waals surface area (Å²) >= 11 is 0. The lowest BCUT2D eigenvalue weighted by atomic mass is 9.72. The maximum Gasteiger partial charge on any atom is 0.251 e. The number of nitrogens with one attached hydrogen (secondary N) is 5. The van der Waals surface area contributed by atoms with Crippen LogP contribution in [-0.2, 0) is 26.1 Å². The fourth-order valence-electron chi connectivity index (χ4n) is 8.39. The number of hydrogen-bond acceptors (Lipinski definition) is 9. The Morgan fingerprint density at radius 2 is 1.88 bits per heavy atom. The molecule has 2 unspecified atom stereocenters. The molecule has 3 fully saturated rings. The van der Waals surface area contributed by atoms with Gasteiger partial charge in [-0.1, -0.05) is 45.1 Å². The van der Waals surface area contributed by atoms with Gasteiger partial charge in [0.25, 0.3) is 5.91 Å². The van der Waals surface area contributed by atoms with Crippen molar-refractivity contribution < 1.29 is 4.79 Å². The van der Waals surface area contributed by atoms with Gasteiger partial charge >= 0.3 is 0 Å². The Hall–Kier alpha value is -3.38. The standard InChI is InChI=1S/C39H60N10O/c1-3-31-25-41-19-15-33(31)26-44-38(50)32-13-10-14-34(24-32)43-27-35-46-47-37(36-39(28-42-29-45-36)16-7-4-5-8-17-39)49(35)23-20-40-18-11-22-48-21-9-6-12-30(48)2/h10,13-15,19,24-25,30,36,40,42-43,45H,3-9,11-12,16-18,20-23,26-29H2,1-2H3,(H,44,50). The molecule has 0 radical (unpaired) electrons. The summed E-state index contributed by atoms with van der Waals surface area (Å²) in [6, 6.07) is 10.6. The monoisotopic (exact) mass is 684 g/mol. The van der Waals surface area contributed by atoms with E-state index in [4.69, 9.17) is 10.2 Å². The van der Waals surface area contributed by atoms with Crippen LogP contribution >= 0.6 is 0 Å². The number of hydrogen-bond donors (Lipinski definition) is 5. The molecule has 5 N–H and O–H groups in total. The molecular formula is C39H60N10O. The van der Waals surface area contributed by atoms with Gasteiger partial charge in [-0.2, -0.15) is 0 Å². The van der Waals surface area contributed by atoms with Gasteiger partial charge in [0.15, 0.2) is 11.6 Å². The number of aromatic nitrogens is 4. The number of rotatable bonds is 15. The van der Waals surface area contributed by atoms with Crippen LogP contribution in [0.25, 0.3) is 0 Å². The number of nitrogens with zero attached hydrogens (tertiary/aromatic N) is 5. The minimum Gasteiger partial charge on any atom is -0.378 e. The van der Waals surface area contributed by atoms with E-state index in [-0.39, 0.29) is 17.4 Å². The van der Waals surface area contributed by atoms with E-state index in [0.29, 0.717) is 24.7 Å². The summed E-state index contributed by atoms with van der Waals surface area (Å²) in [7, 11) is 0. The Morgan fingerprint density at radius 3 is 2.72 bits per heavy atom. The smallest absolute Gasteiger partial charge is 0.251 e. The third-order valence-electron chi connectivity index (χ3n) is 11.4. The molecule has 4 heterocycles. The van der Waals surface area contributed by atoms with Gasteiger partial charge in [-0.05, 0) is 100 Å². The van der Waals surface area contributed by atoms with Crippen LogP contribution in [0.5, 0.6) is 0 Å². The predicted molar refractivity (Wildman–Crippen MR) is 200 cm³/mol. The van der Waals surface area contributed by atoms with Crippen LogP contribution in [0.3, 0.4) is 0 Å². The fraction of sp³-hybridized carbons (Fsp3) is 0.641. The van der Waals surface area contributed by atoms with Crippen LogP contribution in [-0.4, -0.2) is 76.0 Å². The van der Waals surface area contributed by atoms with Crippen molar-refractivity contribution in [1.29, 1.82) is 0 Å². The van der Waals surface area contributed by atoms with E-state index in [1.54, 1.807) is 6.20 Å². The molecule has 0 bridgehead atoms. The quantitative estimate of drug-likeness (QED) is 0.138. The molecule has 1 amide bonds. The second-order valence-electron chi connectivity index (χ2n) is 14.7. The molecule has 1 spiro atoms. The number of pyridine rings is 1. The maximum absolute atomic E-state index is 13.1. The van der Waals surface area contributed by atoms with E-state index in [2.05, 4.69) is 54.9 Å². The molecule has 3 aromatic rings. The van der Waals surface area contributed by atoms with E-state index < -0.39 is 0 Å². The molecule has 2 saturated heterocycles. The summed E-state index contributed by atoms with van der Waals surface area (Å²) in [6.45, 7) is 12.4. The Morgan fingerprint density at radius 1 is 1.00 bits per heavy atom. The lowest BCUT2D eigenvalue weighted by Crippen LogP contribution is -2.54. The van der Waals surface area contributed by atoms with Crippen molar-refractivity contribution in [3.8, 4) is 0 Å². The number of amides is 1. The van der Waals surface area contributed by atoms with Crippen molar-refractivity contribution in [2.24, 2.45) is 5.41 Å². The minimum absolute atomic E-state index is 0.0931. The number of carbonyl (C=O) groups is 1. The van der Waals surface area contributed by atoms with Crippen molar-refractivity contribution in [1.82, 2.24) is 45.9 Å². The summed E-state index contributed by atoms with van der Waals surface area (Å²) in [6.07, 6.45) is 17.3. The average molecular weight is 685 g/mol. The predicted octanol–water partition coefficient (Wildman–Crippen LogP) is 5.16. The highest BCUT2D eigenvalue weighted by atomic mass is 16.1. The normalized spacial score (nSPS) is 21.2.